The summed E-state index contributed by atoms with van der Waals surface area (Å²) in [6.45, 7) is 5.22. The number of nitrogens with zero attached hydrogens (tertiary/aromatic N) is 2. The van der Waals surface area contributed by atoms with E-state index >= 15 is 0 Å². The van der Waals surface area contributed by atoms with Gasteiger partial charge in [-0.15, -0.1) is 0 Å². The molecule has 2 aromatic carbocycles. The summed E-state index contributed by atoms with van der Waals surface area (Å²) in [5.74, 6) is 2.21. The molecule has 32 heavy (non-hydrogen) atoms. The Morgan fingerprint density at radius 3 is 2.66 bits per heavy atom. The van der Waals surface area contributed by atoms with Gasteiger partial charge in [0.1, 0.15) is 5.82 Å². The van der Waals surface area contributed by atoms with Crippen LogP contribution in [0, 0.1) is 5.82 Å². The number of halogens is 1. The second-order valence-electron chi connectivity index (χ2n) is 7.91. The van der Waals surface area contributed by atoms with Crippen molar-refractivity contribution >= 4 is 11.6 Å². The van der Waals surface area contributed by atoms with Crippen LogP contribution in [0.25, 0.3) is 0 Å². The highest BCUT2D eigenvalue weighted by Crippen LogP contribution is 2.28. The average Bonchev–Trinajstić information content (AvgIpc) is 2.82. The molecule has 0 aliphatic carbocycles. The molecule has 0 saturated carbocycles. The van der Waals surface area contributed by atoms with Crippen LogP contribution in [0.3, 0.4) is 0 Å². The molecule has 3 rings (SSSR count). The molecule has 0 aromatic heterocycles. The molecule has 2 N–H and O–H groups in total. The minimum Gasteiger partial charge on any atom is -0.493 e. The number of benzene rings is 2. The Labute approximate surface area is 190 Å². The molecule has 0 unspecified atom stereocenters. The van der Waals surface area contributed by atoms with E-state index in [1.807, 2.05) is 19.1 Å². The van der Waals surface area contributed by atoms with Gasteiger partial charge in [-0.2, -0.15) is 0 Å². The molecular formula is C25H35FN4O2. The molecule has 0 atom stereocenters. The fourth-order valence-electron chi connectivity index (χ4n) is 3.99. The number of guanidine groups is 1. The van der Waals surface area contributed by atoms with E-state index in [-0.39, 0.29) is 5.82 Å². The molecule has 0 spiro atoms. The van der Waals surface area contributed by atoms with Crippen LogP contribution in [-0.2, 0) is 6.42 Å². The van der Waals surface area contributed by atoms with E-state index in [1.54, 1.807) is 26.3 Å². The van der Waals surface area contributed by atoms with Crippen molar-refractivity contribution in [3.8, 4) is 11.5 Å². The van der Waals surface area contributed by atoms with Crippen molar-refractivity contribution in [1.82, 2.24) is 10.6 Å². The molecule has 0 amide bonds. The summed E-state index contributed by atoms with van der Waals surface area (Å²) in [5.41, 5.74) is 2.18. The van der Waals surface area contributed by atoms with Crippen LogP contribution in [0.15, 0.2) is 47.5 Å². The standard InChI is InChI=1S/C25H35FN4O2/c1-4-32-24-17-19(10-11-23(24)31-3)7-6-14-28-25(27-2)29-21-12-15-30(16-13-21)22-9-5-8-20(26)18-22/h5,8-11,17-18,21H,4,6-7,12-16H2,1-3H3,(H2,27,28,29). The van der Waals surface area contributed by atoms with E-state index in [0.29, 0.717) is 12.6 Å². The summed E-state index contributed by atoms with van der Waals surface area (Å²) < 4.78 is 24.5. The van der Waals surface area contributed by atoms with Crippen LogP contribution in [0.4, 0.5) is 10.1 Å². The van der Waals surface area contributed by atoms with Crippen LogP contribution >= 0.6 is 0 Å². The van der Waals surface area contributed by atoms with Gasteiger partial charge in [0.05, 0.1) is 13.7 Å². The lowest BCUT2D eigenvalue weighted by Crippen LogP contribution is -2.49. The zero-order valence-corrected chi connectivity index (χ0v) is 19.4. The first-order valence-electron chi connectivity index (χ1n) is 11.4. The van der Waals surface area contributed by atoms with Crippen molar-refractivity contribution in [2.75, 3.05) is 45.3 Å². The molecule has 0 bridgehead atoms. The van der Waals surface area contributed by atoms with Crippen molar-refractivity contribution in [3.05, 3.63) is 53.8 Å². The van der Waals surface area contributed by atoms with Crippen molar-refractivity contribution in [3.63, 3.8) is 0 Å². The number of hydrogen-bond acceptors (Lipinski definition) is 4. The maximum Gasteiger partial charge on any atom is 0.191 e. The predicted octanol–water partition coefficient (Wildman–Crippen LogP) is 4.00. The monoisotopic (exact) mass is 442 g/mol. The van der Waals surface area contributed by atoms with Crippen molar-refractivity contribution in [2.45, 2.75) is 38.6 Å². The molecule has 1 saturated heterocycles. The van der Waals surface area contributed by atoms with Crippen molar-refractivity contribution in [2.24, 2.45) is 4.99 Å². The smallest absolute Gasteiger partial charge is 0.191 e. The topological polar surface area (TPSA) is 58.1 Å². The van der Waals surface area contributed by atoms with Gasteiger partial charge in [0.2, 0.25) is 0 Å². The van der Waals surface area contributed by atoms with Crippen LogP contribution in [-0.4, -0.2) is 52.4 Å². The molecule has 1 fully saturated rings. The highest BCUT2D eigenvalue weighted by Gasteiger charge is 2.20. The van der Waals surface area contributed by atoms with Gasteiger partial charge in [-0.05, 0) is 68.5 Å². The summed E-state index contributed by atoms with van der Waals surface area (Å²) in [5, 5.41) is 6.95. The van der Waals surface area contributed by atoms with Gasteiger partial charge in [0.25, 0.3) is 0 Å². The van der Waals surface area contributed by atoms with Crippen molar-refractivity contribution < 1.29 is 13.9 Å². The number of rotatable bonds is 9. The third kappa shape index (κ3) is 6.77. The quantitative estimate of drug-likeness (QED) is 0.349. The molecule has 1 aliphatic rings. The Bertz CT molecular complexity index is 882. The van der Waals surface area contributed by atoms with E-state index < -0.39 is 0 Å². The van der Waals surface area contributed by atoms with E-state index in [1.165, 1.54) is 11.6 Å². The first-order chi connectivity index (χ1) is 15.6. The predicted molar refractivity (Wildman–Crippen MR) is 129 cm³/mol. The van der Waals surface area contributed by atoms with Gasteiger partial charge >= 0.3 is 0 Å². The minimum absolute atomic E-state index is 0.184. The van der Waals surface area contributed by atoms with Crippen LogP contribution in [0.2, 0.25) is 0 Å². The highest BCUT2D eigenvalue weighted by atomic mass is 19.1. The van der Waals surface area contributed by atoms with Crippen LogP contribution < -0.4 is 25.0 Å². The number of hydrogen-bond donors (Lipinski definition) is 2. The fraction of sp³-hybridized carbons (Fsp3) is 0.480. The number of ether oxygens (including phenoxy) is 2. The molecule has 7 heteroatoms. The summed E-state index contributed by atoms with van der Waals surface area (Å²) >= 11 is 0. The second-order valence-corrected chi connectivity index (χ2v) is 7.91. The molecule has 2 aromatic rings. The minimum atomic E-state index is -0.184. The maximum atomic E-state index is 13.5. The van der Waals surface area contributed by atoms with E-state index in [4.69, 9.17) is 9.47 Å². The van der Waals surface area contributed by atoms with Gasteiger partial charge in [-0.25, -0.2) is 4.39 Å². The van der Waals surface area contributed by atoms with Crippen LogP contribution in [0.5, 0.6) is 11.5 Å². The summed E-state index contributed by atoms with van der Waals surface area (Å²) in [6.07, 6.45) is 3.91. The normalized spacial score (nSPS) is 14.9. The van der Waals surface area contributed by atoms with Gasteiger partial charge in [0, 0.05) is 38.4 Å². The van der Waals surface area contributed by atoms with E-state index in [0.717, 1.165) is 68.5 Å². The number of nitrogens with one attached hydrogen (secondary N) is 2. The SMILES string of the molecule is CCOc1cc(CCCNC(=NC)NC2CCN(c3cccc(F)c3)CC2)ccc1OC. The average molecular weight is 443 g/mol. The molecule has 1 aliphatic heterocycles. The zero-order valence-electron chi connectivity index (χ0n) is 19.4. The largest absolute Gasteiger partial charge is 0.493 e. The molecule has 174 valence electrons. The lowest BCUT2D eigenvalue weighted by Gasteiger charge is -2.34. The lowest BCUT2D eigenvalue weighted by molar-refractivity contribution is 0.310. The van der Waals surface area contributed by atoms with Gasteiger partial charge in [-0.1, -0.05) is 12.1 Å². The van der Waals surface area contributed by atoms with Gasteiger partial charge in [0.15, 0.2) is 17.5 Å². The van der Waals surface area contributed by atoms with Crippen LogP contribution in [0.1, 0.15) is 31.7 Å². The molecule has 0 radical (unpaired) electrons. The Morgan fingerprint density at radius 1 is 1.16 bits per heavy atom. The van der Waals surface area contributed by atoms with E-state index in [9.17, 15) is 4.39 Å². The van der Waals surface area contributed by atoms with Gasteiger partial charge < -0.3 is 25.0 Å². The van der Waals surface area contributed by atoms with Crippen molar-refractivity contribution in [1.29, 1.82) is 0 Å². The maximum absolute atomic E-state index is 13.5. The summed E-state index contributed by atoms with van der Waals surface area (Å²) in [7, 11) is 3.46. The third-order valence-electron chi connectivity index (χ3n) is 5.70. The number of methoxy groups -OCH3 is 1. The first kappa shape index (κ1) is 23.7. The van der Waals surface area contributed by atoms with Gasteiger partial charge in [-0.3, -0.25) is 4.99 Å². The zero-order chi connectivity index (χ0) is 22.8. The molecule has 1 heterocycles. The number of piperidine rings is 1. The third-order valence-corrected chi connectivity index (χ3v) is 5.70. The Morgan fingerprint density at radius 2 is 1.97 bits per heavy atom. The van der Waals surface area contributed by atoms with E-state index in [2.05, 4.69) is 32.7 Å². The second kappa shape index (κ2) is 12.2. The molecular weight excluding hydrogens is 407 g/mol. The number of aryl methyl sites for hydroxylation is 1. The first-order valence-corrected chi connectivity index (χ1v) is 11.4. The number of anilines is 1. The fourth-order valence-corrected chi connectivity index (χ4v) is 3.99. The Balaban J connectivity index is 1.40. The summed E-state index contributed by atoms with van der Waals surface area (Å²) in [6, 6.07) is 13.3. The highest BCUT2D eigenvalue weighted by molar-refractivity contribution is 5.80. The summed E-state index contributed by atoms with van der Waals surface area (Å²) in [4.78, 5) is 6.61. The molecule has 6 nitrogen and oxygen atoms in total. The Kier molecular flexibility index (Phi) is 9.01. The lowest BCUT2D eigenvalue weighted by atomic mass is 10.0. The number of aliphatic imine (C=N–C) groups is 1. The Hall–Kier alpha value is -2.96.